The van der Waals surface area contributed by atoms with Crippen molar-refractivity contribution in [1.82, 2.24) is 69.9 Å². The van der Waals surface area contributed by atoms with Crippen LogP contribution in [-0.2, 0) is 21.9 Å². The van der Waals surface area contributed by atoms with Gasteiger partial charge in [0.15, 0.2) is 27.9 Å². The Labute approximate surface area is 497 Å². The predicted molar refractivity (Wildman–Crippen MR) is 344 cm³/mol. The number of nitrogens with zero attached hydrogens (tertiary/aromatic N) is 10. The molecular formula is C61H93BrN14O4Si2. The molecule has 0 aliphatic rings. The van der Waals surface area contributed by atoms with E-state index in [4.69, 9.17) is 18.9 Å². The number of hydrogen-bond donors (Lipinski definition) is 4. The second-order valence-corrected chi connectivity index (χ2v) is 37.2. The van der Waals surface area contributed by atoms with Gasteiger partial charge in [0.25, 0.3) is 11.8 Å². The number of rotatable bonds is 19. The highest BCUT2D eigenvalue weighted by molar-refractivity contribution is 9.10. The monoisotopic (exact) mass is 1220 g/mol. The van der Waals surface area contributed by atoms with Gasteiger partial charge in [-0.25, -0.2) is 19.9 Å². The molecule has 0 saturated heterocycles. The lowest BCUT2D eigenvalue weighted by atomic mass is 10.1. The number of nitrogens with one attached hydrogen (secondary N) is 4. The largest absolute Gasteiger partial charge is 0.414 e. The Kier molecular flexibility index (Phi) is 20.8. The number of carbonyl (C=O) groups excluding carboxylic acids is 2. The summed E-state index contributed by atoms with van der Waals surface area (Å²) in [6.07, 6.45) is 8.75. The maximum absolute atomic E-state index is 13.5. The van der Waals surface area contributed by atoms with Gasteiger partial charge in [-0.3, -0.25) is 19.0 Å². The summed E-state index contributed by atoms with van der Waals surface area (Å²) >= 11 is 3.29. The number of aryl methyl sites for hydroxylation is 5. The lowest BCUT2D eigenvalue weighted by Gasteiger charge is -2.39. The molecule has 446 valence electrons. The van der Waals surface area contributed by atoms with Crippen LogP contribution in [0.2, 0.25) is 36.3 Å². The molecule has 2 amide bonds. The fraction of sp³-hybridized carbons (Fsp3) is 0.541. The molecule has 2 aromatic carbocycles. The molecule has 0 aliphatic heterocycles. The molecule has 0 unspecified atom stereocenters. The van der Waals surface area contributed by atoms with E-state index in [2.05, 4.69) is 229 Å². The number of aromatic amines is 2. The van der Waals surface area contributed by atoms with Gasteiger partial charge in [-0.2, -0.15) is 10.2 Å². The highest BCUT2D eigenvalue weighted by Gasteiger charge is 2.40. The standard InChI is InChI=1S/C30H45N7O2Si.C17H27BrN4O2Si.C14H21N3/c1-20-12-13-21-24(16-20)37(15-11-14-36(7)8)35-25(21)23-18-32-27-26(33-23)22(17-31-27)28(38)34-30(5,6)19-39-40(9,10)29(2,3)4;1-16(2,3)25(6,7)24-10-17(4,5)22-15(23)11-8-19-14-13(11)21-12(18)9-20-14;1-11-6-7-13-12(2)15-17(14(13)10-11)9-5-8-16(3)4/h12-13,16-18H,11,14-15,19H2,1-10H3,(H,31,32)(H,34,38);8-9H,10H2,1-7H3,(H,19,20)(H,22,23);6-7,10H,5,8-9H2,1-4H3. The Hall–Kier alpha value is -5.69. The SMILES string of the molecule is CC(C)(CO[Si](C)(C)C(C)(C)C)NC(=O)c1c[nH]c2ncc(Br)nc12.Cc1ccc2c(-c3cnc4[nH]cc(C(=O)NC(C)(C)CO[Si](C)(C)C(C)(C)C)c4n3)nn(CCCN(C)C)c2c1.Cc1ccc2c(C)nn(CCCN(C)C)c2c1. The molecule has 0 radical (unpaired) electrons. The van der Waals surface area contributed by atoms with Crippen LogP contribution in [0.4, 0.5) is 0 Å². The first-order valence-corrected chi connectivity index (χ1v) is 35.1. The van der Waals surface area contributed by atoms with Crippen LogP contribution in [0.1, 0.15) is 120 Å². The third-order valence-corrected chi connectivity index (χ3v) is 24.9. The molecule has 8 rings (SSSR count). The van der Waals surface area contributed by atoms with Crippen LogP contribution < -0.4 is 10.6 Å². The van der Waals surface area contributed by atoms with Crippen molar-refractivity contribution in [2.45, 2.75) is 163 Å². The van der Waals surface area contributed by atoms with Gasteiger partial charge in [-0.15, -0.1) is 0 Å². The molecule has 6 heterocycles. The smallest absolute Gasteiger partial charge is 0.255 e. The van der Waals surface area contributed by atoms with E-state index in [1.807, 2.05) is 27.7 Å². The van der Waals surface area contributed by atoms with Gasteiger partial charge in [-0.1, -0.05) is 65.8 Å². The third-order valence-electron chi connectivity index (χ3n) is 15.5. The molecule has 0 saturated carbocycles. The first-order chi connectivity index (χ1) is 38.0. The quantitative estimate of drug-likeness (QED) is 0.0559. The van der Waals surface area contributed by atoms with Crippen molar-refractivity contribution in [3.05, 3.63) is 93.7 Å². The van der Waals surface area contributed by atoms with E-state index in [1.54, 1.807) is 24.8 Å². The molecule has 4 N–H and O–H groups in total. The van der Waals surface area contributed by atoms with Crippen LogP contribution in [0.15, 0.2) is 65.8 Å². The summed E-state index contributed by atoms with van der Waals surface area (Å²) in [5.41, 5.74) is 9.47. The second kappa shape index (κ2) is 26.1. The van der Waals surface area contributed by atoms with E-state index in [0.717, 1.165) is 61.3 Å². The van der Waals surface area contributed by atoms with Crippen LogP contribution in [-0.4, -0.2) is 153 Å². The van der Waals surface area contributed by atoms with E-state index in [9.17, 15) is 9.59 Å². The Morgan fingerprint density at radius 1 is 0.622 bits per heavy atom. The van der Waals surface area contributed by atoms with Crippen LogP contribution >= 0.6 is 15.9 Å². The van der Waals surface area contributed by atoms with Crippen molar-refractivity contribution in [3.8, 4) is 11.4 Å². The molecular weight excluding hydrogens is 1130 g/mol. The summed E-state index contributed by atoms with van der Waals surface area (Å²) < 4.78 is 17.5. The average Bonchev–Trinajstić information content (AvgIpc) is 4.38. The van der Waals surface area contributed by atoms with E-state index < -0.39 is 27.7 Å². The van der Waals surface area contributed by atoms with Crippen molar-refractivity contribution >= 4 is 88.5 Å². The minimum absolute atomic E-state index is 0.0954. The van der Waals surface area contributed by atoms with Crippen molar-refractivity contribution in [1.29, 1.82) is 0 Å². The molecule has 82 heavy (non-hydrogen) atoms. The lowest BCUT2D eigenvalue weighted by molar-refractivity contribution is 0.0867. The minimum atomic E-state index is -1.95. The lowest BCUT2D eigenvalue weighted by Crippen LogP contribution is -2.51. The normalized spacial score (nSPS) is 12.8. The first kappa shape index (κ1) is 65.5. The minimum Gasteiger partial charge on any atom is -0.414 e. The Morgan fingerprint density at radius 3 is 1.51 bits per heavy atom. The van der Waals surface area contributed by atoms with Crippen LogP contribution in [0.25, 0.3) is 55.5 Å². The molecule has 21 heteroatoms. The van der Waals surface area contributed by atoms with Gasteiger partial charge in [0.05, 0.1) is 64.5 Å². The average molecular weight is 1220 g/mol. The number of aromatic nitrogens is 10. The van der Waals surface area contributed by atoms with Crippen molar-refractivity contribution in [2.75, 3.05) is 54.5 Å². The second-order valence-electron chi connectivity index (χ2n) is 26.8. The van der Waals surface area contributed by atoms with E-state index in [1.165, 1.54) is 22.0 Å². The zero-order chi connectivity index (χ0) is 60.9. The highest BCUT2D eigenvalue weighted by Crippen LogP contribution is 2.38. The number of H-pyrrole nitrogens is 2. The molecule has 6 aromatic heterocycles. The van der Waals surface area contributed by atoms with E-state index in [-0.39, 0.29) is 21.9 Å². The predicted octanol–water partition coefficient (Wildman–Crippen LogP) is 12.6. The molecule has 0 aliphatic carbocycles. The van der Waals surface area contributed by atoms with E-state index in [0.29, 0.717) is 57.0 Å². The number of fused-ring (bicyclic) bond motifs is 4. The van der Waals surface area contributed by atoms with Gasteiger partial charge in [0.1, 0.15) is 27.0 Å². The fourth-order valence-electron chi connectivity index (χ4n) is 8.54. The Bertz CT molecular complexity index is 3490. The Morgan fingerprint density at radius 2 is 1.05 bits per heavy atom. The first-order valence-electron chi connectivity index (χ1n) is 28.5. The topological polar surface area (TPSA) is 202 Å². The van der Waals surface area contributed by atoms with Crippen LogP contribution in [0, 0.1) is 20.8 Å². The number of hydrogen-bond acceptors (Lipinski definition) is 12. The molecule has 8 aromatic rings. The fourth-order valence-corrected chi connectivity index (χ4v) is 11.1. The van der Waals surface area contributed by atoms with Gasteiger partial charge in [0, 0.05) is 36.3 Å². The number of carbonyl (C=O) groups is 2. The molecule has 0 fully saturated rings. The summed E-state index contributed by atoms with van der Waals surface area (Å²) in [6, 6.07) is 12.9. The summed E-state index contributed by atoms with van der Waals surface area (Å²) in [6.45, 7) is 41.1. The van der Waals surface area contributed by atoms with Crippen molar-refractivity contribution < 1.29 is 18.4 Å². The maximum atomic E-state index is 13.5. The van der Waals surface area contributed by atoms with Gasteiger partial charge in [-0.05, 0) is 178 Å². The van der Waals surface area contributed by atoms with E-state index >= 15 is 0 Å². The van der Waals surface area contributed by atoms with Gasteiger partial charge >= 0.3 is 0 Å². The molecule has 0 spiro atoms. The highest BCUT2D eigenvalue weighted by atomic mass is 79.9. The van der Waals surface area contributed by atoms with Crippen LogP contribution in [0.5, 0.6) is 0 Å². The number of halogens is 1. The Balaban J connectivity index is 0.000000218. The van der Waals surface area contributed by atoms with Crippen molar-refractivity contribution in [2.24, 2.45) is 0 Å². The summed E-state index contributed by atoms with van der Waals surface area (Å²) in [4.78, 5) is 54.7. The summed E-state index contributed by atoms with van der Waals surface area (Å²) in [7, 11) is 4.55. The van der Waals surface area contributed by atoms with Crippen LogP contribution in [0.3, 0.4) is 0 Å². The summed E-state index contributed by atoms with van der Waals surface area (Å²) in [5.74, 6) is -0.404. The van der Waals surface area contributed by atoms with Gasteiger partial charge in [0.2, 0.25) is 0 Å². The molecule has 0 bridgehead atoms. The summed E-state index contributed by atoms with van der Waals surface area (Å²) in [5, 5.41) is 18.3. The zero-order valence-corrected chi connectivity index (χ0v) is 56.5. The van der Waals surface area contributed by atoms with Gasteiger partial charge < -0.3 is 39.3 Å². The zero-order valence-electron chi connectivity index (χ0n) is 52.9. The van der Waals surface area contributed by atoms with Crippen molar-refractivity contribution in [3.63, 3.8) is 0 Å². The third kappa shape index (κ3) is 16.8. The maximum Gasteiger partial charge on any atom is 0.255 e. The number of benzene rings is 2. The number of amides is 2. The molecule has 0 atom stereocenters. The molecule has 18 nitrogen and oxygen atoms in total.